The van der Waals surface area contributed by atoms with E-state index in [1.165, 1.54) is 0 Å². The third-order valence-electron chi connectivity index (χ3n) is 10.8. The number of hydrogen-bond donors (Lipinski definition) is 0. The average molecular weight is 1020 g/mol. The topological polar surface area (TPSA) is 149 Å². The van der Waals surface area contributed by atoms with E-state index in [9.17, 15) is 14.4 Å². The van der Waals surface area contributed by atoms with E-state index in [-0.39, 0.29) is 0 Å². The van der Waals surface area contributed by atoms with E-state index >= 15 is 0 Å². The predicted octanol–water partition coefficient (Wildman–Crippen LogP) is 9.48. The summed E-state index contributed by atoms with van der Waals surface area (Å²) in [5.41, 5.74) is -2.63. The van der Waals surface area contributed by atoms with Gasteiger partial charge in [0.25, 0.3) is 0 Å². The Morgan fingerprint density at radius 1 is 0.377 bits per heavy atom. The van der Waals surface area contributed by atoms with Gasteiger partial charge in [0, 0.05) is 54.2 Å². The highest BCUT2D eigenvalue weighted by Crippen LogP contribution is 2.42. The van der Waals surface area contributed by atoms with Crippen molar-refractivity contribution in [2.75, 3.05) is 58.1 Å². The fraction of sp³-hybridized carbons (Fsp3) is 0.588. The first kappa shape index (κ1) is 58.6. The summed E-state index contributed by atoms with van der Waals surface area (Å²) in [5, 5.41) is 2.66. The van der Waals surface area contributed by atoms with Gasteiger partial charge in [-0.1, -0.05) is 131 Å². The van der Waals surface area contributed by atoms with E-state index < -0.39 is 79.1 Å². The lowest BCUT2D eigenvalue weighted by Crippen LogP contribution is -2.57. The summed E-state index contributed by atoms with van der Waals surface area (Å²) in [6.07, 6.45) is 2.50. The molecule has 0 spiro atoms. The molecule has 1 heterocycles. The molecule has 1 aromatic heterocycles. The number of aromatic nitrogens is 3. The van der Waals surface area contributed by atoms with Crippen LogP contribution in [-0.2, 0) is 42.0 Å². The Morgan fingerprint density at radius 2 is 0.609 bits per heavy atom. The molecule has 0 fully saturated rings. The fourth-order valence-electron chi connectivity index (χ4n) is 6.96. The van der Waals surface area contributed by atoms with Crippen LogP contribution in [0.4, 0.5) is 0 Å². The predicted molar refractivity (Wildman–Crippen MR) is 279 cm³/mol. The molecule has 0 saturated carbocycles. The Balaban J connectivity index is 1.75. The normalized spacial score (nSPS) is 15.8. The lowest BCUT2D eigenvalue weighted by Gasteiger charge is -2.29. The molecular weight excluding hydrogens is 939 g/mol. The Hall–Kier alpha value is -3.00. The molecule has 0 amide bonds. The van der Waals surface area contributed by atoms with Crippen molar-refractivity contribution in [1.29, 1.82) is 0 Å². The minimum Gasteiger partial charge on any atom is -0.353 e. The van der Waals surface area contributed by atoms with Crippen LogP contribution in [0.15, 0.2) is 105 Å². The van der Waals surface area contributed by atoms with Gasteiger partial charge in [0.05, 0.1) is 44.3 Å². The first-order valence-electron chi connectivity index (χ1n) is 24.6. The highest BCUT2D eigenvalue weighted by atomic mass is 31.1. The van der Waals surface area contributed by atoms with Crippen molar-refractivity contribution >= 4 is 40.4 Å². The number of benzene rings is 3. The molecule has 4 aromatic rings. The van der Waals surface area contributed by atoms with E-state index in [1.807, 2.05) is 112 Å². The number of ether oxygens (including phenoxy) is 6. The van der Waals surface area contributed by atoms with Crippen molar-refractivity contribution in [1.82, 2.24) is 13.7 Å². The first-order valence-corrected chi connectivity index (χ1v) is 28.9. The van der Waals surface area contributed by atoms with E-state index in [0.29, 0.717) is 58.1 Å². The van der Waals surface area contributed by atoms with Crippen LogP contribution in [0.5, 0.6) is 0 Å². The molecule has 69 heavy (non-hydrogen) atoms. The van der Waals surface area contributed by atoms with Gasteiger partial charge >= 0.3 is 17.1 Å². The highest BCUT2D eigenvalue weighted by molar-refractivity contribution is 7.61. The first-order chi connectivity index (χ1) is 33.4. The Morgan fingerprint density at radius 3 is 0.841 bits per heavy atom. The second-order valence-corrected chi connectivity index (χ2v) is 22.2. The molecule has 18 heteroatoms. The number of hydrogen-bond acceptors (Lipinski definition) is 12. The molecule has 0 aliphatic carbocycles. The highest BCUT2D eigenvalue weighted by Gasteiger charge is 2.30. The summed E-state index contributed by atoms with van der Waals surface area (Å²) in [5.74, 6) is 0. The molecule has 0 saturated heterocycles. The quantitative estimate of drug-likeness (QED) is 0.0243. The van der Waals surface area contributed by atoms with Gasteiger partial charge in [0.15, 0.2) is 18.9 Å². The molecule has 0 bridgehead atoms. The Labute approximate surface area is 413 Å². The third-order valence-corrected chi connectivity index (χ3v) is 16.9. The Kier molecular flexibility index (Phi) is 27.9. The SMILES string of the molecule is CCCCOC(C)OCCP(OC(C)n1c(=O)n(C(C)OP(CCOC(C)OCCCC)c2ccccc2)c(=O)n(C(C)OP(CCOC(C)OCCCC)c2ccccc2)c1=O)c1ccccc1. The van der Waals surface area contributed by atoms with Gasteiger partial charge in [-0.05, 0) is 60.8 Å². The second-order valence-electron chi connectivity index (χ2n) is 16.4. The molecule has 9 unspecified atom stereocenters. The summed E-state index contributed by atoms with van der Waals surface area (Å²) in [7, 11) is -4.36. The molecule has 0 N–H and O–H groups in total. The van der Waals surface area contributed by atoms with Gasteiger partial charge in [-0.3, -0.25) is 0 Å². The zero-order valence-electron chi connectivity index (χ0n) is 42.3. The number of nitrogens with zero attached hydrogens (tertiary/aromatic N) is 3. The number of rotatable bonds is 36. The second kappa shape index (κ2) is 32.9. The molecule has 9 atom stereocenters. The monoisotopic (exact) mass is 1020 g/mol. The van der Waals surface area contributed by atoms with Crippen LogP contribution in [0.1, 0.15) is 120 Å². The van der Waals surface area contributed by atoms with Gasteiger partial charge in [0.2, 0.25) is 0 Å². The Bertz CT molecular complexity index is 1900. The summed E-state index contributed by atoms with van der Waals surface area (Å²) in [4.78, 5) is 44.8. The van der Waals surface area contributed by atoms with E-state index in [4.69, 9.17) is 42.0 Å². The maximum absolute atomic E-state index is 14.9. The third kappa shape index (κ3) is 19.9. The largest absolute Gasteiger partial charge is 0.353 e. The van der Waals surface area contributed by atoms with Crippen LogP contribution < -0.4 is 33.0 Å². The summed E-state index contributed by atoms with van der Waals surface area (Å²) < 4.78 is 58.8. The lowest BCUT2D eigenvalue weighted by atomic mass is 10.4. The molecule has 384 valence electrons. The van der Waals surface area contributed by atoms with Crippen LogP contribution in [0.3, 0.4) is 0 Å². The fourth-order valence-corrected chi connectivity index (χ4v) is 12.1. The van der Waals surface area contributed by atoms with Crippen LogP contribution in [0.2, 0.25) is 0 Å². The smallest absolute Gasteiger partial charge is 0.340 e. The summed E-state index contributed by atoms with van der Waals surface area (Å²) >= 11 is 0. The molecule has 0 aliphatic rings. The van der Waals surface area contributed by atoms with Crippen molar-refractivity contribution in [3.8, 4) is 0 Å². The van der Waals surface area contributed by atoms with Gasteiger partial charge in [-0.25, -0.2) is 28.1 Å². The lowest BCUT2D eigenvalue weighted by molar-refractivity contribution is -0.127. The van der Waals surface area contributed by atoms with Crippen molar-refractivity contribution in [3.05, 3.63) is 122 Å². The van der Waals surface area contributed by atoms with Gasteiger partial charge in [0.1, 0.15) is 18.7 Å². The molecular formula is C51H78N3O12P3. The molecule has 4 rings (SSSR count). The van der Waals surface area contributed by atoms with Crippen LogP contribution in [0, 0.1) is 0 Å². The van der Waals surface area contributed by atoms with Gasteiger partial charge in [-0.15, -0.1) is 0 Å². The summed E-state index contributed by atoms with van der Waals surface area (Å²) in [6, 6.07) is 29.0. The summed E-state index contributed by atoms with van der Waals surface area (Å²) in [6.45, 7) is 19.5. The zero-order valence-corrected chi connectivity index (χ0v) is 45.0. The van der Waals surface area contributed by atoms with E-state index in [1.54, 1.807) is 20.8 Å². The minimum absolute atomic E-state index is 0.307. The zero-order chi connectivity index (χ0) is 50.0. The van der Waals surface area contributed by atoms with Crippen molar-refractivity contribution < 1.29 is 42.0 Å². The molecule has 0 aliphatic heterocycles. The van der Waals surface area contributed by atoms with Crippen LogP contribution >= 0.6 is 24.4 Å². The maximum Gasteiger partial charge on any atom is 0.340 e. The van der Waals surface area contributed by atoms with Crippen LogP contribution in [-0.4, -0.2) is 90.7 Å². The van der Waals surface area contributed by atoms with Crippen molar-refractivity contribution in [3.63, 3.8) is 0 Å². The molecule has 15 nitrogen and oxygen atoms in total. The number of unbranched alkanes of at least 4 members (excludes halogenated alkanes) is 3. The van der Waals surface area contributed by atoms with Crippen molar-refractivity contribution in [2.24, 2.45) is 0 Å². The van der Waals surface area contributed by atoms with Gasteiger partial charge < -0.3 is 42.0 Å². The van der Waals surface area contributed by atoms with E-state index in [0.717, 1.165) is 68.1 Å². The molecule has 0 radical (unpaired) electrons. The standard InChI is InChI=1S/C51H78N3O12P3/c1-10-13-31-58-43(7)61-34-37-67(46-25-19-16-20-26-46)64-40(4)52-49(55)53(41(5)65-68(47-27-21-17-22-28-47)38-35-62-44(8)59-32-14-11-2)51(57)54(50(52)56)42(6)66-69(48-29-23-18-24-30-48)39-36-63-45(9)60-33-15-12-3/h16-30,40-45H,10-15,31-39H2,1-9H3. The average Bonchev–Trinajstić information content (AvgIpc) is 3.34. The van der Waals surface area contributed by atoms with Gasteiger partial charge in [-0.2, -0.15) is 0 Å². The molecule has 3 aromatic carbocycles. The van der Waals surface area contributed by atoms with Crippen LogP contribution in [0.25, 0.3) is 0 Å². The minimum atomic E-state index is -1.45. The van der Waals surface area contributed by atoms with Crippen molar-refractivity contribution in [2.45, 2.75) is 138 Å². The maximum atomic E-state index is 14.9. The van der Waals surface area contributed by atoms with E-state index in [2.05, 4.69) is 20.8 Å².